The third-order valence-electron chi connectivity index (χ3n) is 2.52. The Morgan fingerprint density at radius 2 is 2.17 bits per heavy atom. The van der Waals surface area contributed by atoms with Crippen LogP contribution in [0.1, 0.15) is 20.3 Å². The number of carbonyl (C=O) groups excluding carboxylic acids is 1. The Hall–Kier alpha value is -0.980. The van der Waals surface area contributed by atoms with Crippen LogP contribution in [-0.4, -0.2) is 19.1 Å². The third kappa shape index (κ3) is 4.36. The summed E-state index contributed by atoms with van der Waals surface area (Å²) in [6, 6.07) is 5.24. The number of nitrogen functional groups attached to an aromatic ring is 1. The van der Waals surface area contributed by atoms with Crippen LogP contribution in [-0.2, 0) is 9.53 Å². The van der Waals surface area contributed by atoms with E-state index in [2.05, 4.69) is 41.8 Å². The molecule has 100 valence electrons. The summed E-state index contributed by atoms with van der Waals surface area (Å²) in [4.78, 5) is 11.7. The molecule has 1 aromatic carbocycles. The summed E-state index contributed by atoms with van der Waals surface area (Å²) in [5, 5.41) is 3.22. The Kier molecular flexibility index (Phi) is 5.71. The van der Waals surface area contributed by atoms with E-state index in [1.165, 1.54) is 7.11 Å². The van der Waals surface area contributed by atoms with Gasteiger partial charge in [0.2, 0.25) is 0 Å². The summed E-state index contributed by atoms with van der Waals surface area (Å²) in [6.45, 7) is 4.15. The number of nitrogens with two attached hydrogens (primary N) is 1. The highest BCUT2D eigenvalue weighted by molar-refractivity contribution is 14.1. The van der Waals surface area contributed by atoms with Crippen LogP contribution in [0.5, 0.6) is 0 Å². The van der Waals surface area contributed by atoms with E-state index >= 15 is 0 Å². The smallest absolute Gasteiger partial charge is 0.328 e. The van der Waals surface area contributed by atoms with Crippen molar-refractivity contribution in [2.24, 2.45) is 5.92 Å². The zero-order valence-electron chi connectivity index (χ0n) is 10.9. The molecule has 0 heterocycles. The first-order valence-corrected chi connectivity index (χ1v) is 6.91. The number of nitrogens with one attached hydrogen (secondary N) is 1. The molecule has 1 atom stereocenters. The molecule has 1 aromatic rings. The van der Waals surface area contributed by atoms with Gasteiger partial charge in [-0.05, 0) is 53.1 Å². The van der Waals surface area contributed by atoms with Crippen LogP contribution < -0.4 is 11.1 Å². The van der Waals surface area contributed by atoms with Crippen molar-refractivity contribution < 1.29 is 9.53 Å². The molecule has 0 amide bonds. The average molecular weight is 362 g/mol. The molecule has 0 bridgehead atoms. The Labute approximate surface area is 121 Å². The lowest BCUT2D eigenvalue weighted by atomic mass is 10.0. The van der Waals surface area contributed by atoms with E-state index in [0.717, 1.165) is 15.7 Å². The monoisotopic (exact) mass is 362 g/mol. The first-order chi connectivity index (χ1) is 8.43. The third-order valence-corrected chi connectivity index (χ3v) is 3.41. The van der Waals surface area contributed by atoms with Crippen molar-refractivity contribution in [1.29, 1.82) is 0 Å². The molecule has 0 aliphatic rings. The van der Waals surface area contributed by atoms with Gasteiger partial charge in [0.25, 0.3) is 0 Å². The minimum Gasteiger partial charge on any atom is -0.467 e. The molecule has 0 aromatic heterocycles. The van der Waals surface area contributed by atoms with Gasteiger partial charge in [0, 0.05) is 14.9 Å². The maximum Gasteiger partial charge on any atom is 0.328 e. The number of anilines is 2. The van der Waals surface area contributed by atoms with Gasteiger partial charge in [-0.15, -0.1) is 0 Å². The maximum absolute atomic E-state index is 11.7. The van der Waals surface area contributed by atoms with E-state index in [-0.39, 0.29) is 12.0 Å². The lowest BCUT2D eigenvalue weighted by Gasteiger charge is -2.20. The number of rotatable bonds is 5. The Morgan fingerprint density at radius 1 is 1.50 bits per heavy atom. The number of ether oxygens (including phenoxy) is 1. The Bertz CT molecular complexity index is 421. The second kappa shape index (κ2) is 6.82. The summed E-state index contributed by atoms with van der Waals surface area (Å²) in [5.74, 6) is 0.171. The van der Waals surface area contributed by atoms with Crippen LogP contribution in [0.3, 0.4) is 0 Å². The molecule has 1 unspecified atom stereocenters. The van der Waals surface area contributed by atoms with E-state index in [0.29, 0.717) is 11.6 Å². The molecule has 0 fully saturated rings. The number of esters is 1. The number of hydrogen-bond acceptors (Lipinski definition) is 4. The molecule has 0 aliphatic heterocycles. The van der Waals surface area contributed by atoms with Crippen molar-refractivity contribution >= 4 is 39.9 Å². The van der Waals surface area contributed by atoms with Crippen molar-refractivity contribution in [3.8, 4) is 0 Å². The van der Waals surface area contributed by atoms with Gasteiger partial charge in [-0.1, -0.05) is 13.8 Å². The molecule has 5 heteroatoms. The van der Waals surface area contributed by atoms with Gasteiger partial charge < -0.3 is 15.8 Å². The van der Waals surface area contributed by atoms with Gasteiger partial charge in [-0.2, -0.15) is 0 Å². The van der Waals surface area contributed by atoms with Crippen LogP contribution in [0.25, 0.3) is 0 Å². The molecule has 0 spiro atoms. The fourth-order valence-corrected chi connectivity index (χ4v) is 2.36. The second-order valence-electron chi connectivity index (χ2n) is 4.59. The van der Waals surface area contributed by atoms with Crippen molar-refractivity contribution in [2.45, 2.75) is 26.3 Å². The van der Waals surface area contributed by atoms with Crippen molar-refractivity contribution in [3.05, 3.63) is 21.8 Å². The predicted octanol–water partition coefficient (Wildman–Crippen LogP) is 2.87. The van der Waals surface area contributed by atoms with Gasteiger partial charge in [0.15, 0.2) is 0 Å². The average Bonchev–Trinajstić information content (AvgIpc) is 2.30. The number of hydrogen-bond donors (Lipinski definition) is 2. The Morgan fingerprint density at radius 3 is 2.67 bits per heavy atom. The molecular formula is C13H19IN2O2. The molecule has 0 saturated heterocycles. The molecule has 0 saturated carbocycles. The van der Waals surface area contributed by atoms with Crippen molar-refractivity contribution in [3.63, 3.8) is 0 Å². The van der Waals surface area contributed by atoms with E-state index < -0.39 is 0 Å². The van der Waals surface area contributed by atoms with Crippen molar-refractivity contribution in [1.82, 2.24) is 0 Å². The van der Waals surface area contributed by atoms with Gasteiger partial charge in [-0.3, -0.25) is 0 Å². The summed E-state index contributed by atoms with van der Waals surface area (Å²) < 4.78 is 5.81. The Balaban J connectivity index is 2.85. The van der Waals surface area contributed by atoms with Gasteiger partial charge in [0.1, 0.15) is 6.04 Å². The minimum absolute atomic E-state index is 0.240. The molecule has 0 radical (unpaired) electrons. The van der Waals surface area contributed by atoms with Gasteiger partial charge >= 0.3 is 5.97 Å². The highest BCUT2D eigenvalue weighted by Gasteiger charge is 2.20. The number of methoxy groups -OCH3 is 1. The van der Waals surface area contributed by atoms with Gasteiger partial charge in [-0.25, -0.2) is 4.79 Å². The first-order valence-electron chi connectivity index (χ1n) is 5.83. The van der Waals surface area contributed by atoms with E-state index in [4.69, 9.17) is 10.5 Å². The summed E-state index contributed by atoms with van der Waals surface area (Å²) in [6.07, 6.45) is 0.729. The van der Waals surface area contributed by atoms with Gasteiger partial charge in [0.05, 0.1) is 7.11 Å². The predicted molar refractivity (Wildman–Crippen MR) is 82.5 cm³/mol. The quantitative estimate of drug-likeness (QED) is 0.480. The largest absolute Gasteiger partial charge is 0.467 e. The molecule has 4 nitrogen and oxygen atoms in total. The lowest BCUT2D eigenvalue weighted by molar-refractivity contribution is -0.141. The summed E-state index contributed by atoms with van der Waals surface area (Å²) >= 11 is 2.19. The van der Waals surface area contributed by atoms with Crippen LogP contribution in [0.2, 0.25) is 0 Å². The van der Waals surface area contributed by atoms with Crippen molar-refractivity contribution in [2.75, 3.05) is 18.2 Å². The highest BCUT2D eigenvalue weighted by Crippen LogP contribution is 2.23. The zero-order chi connectivity index (χ0) is 13.7. The van der Waals surface area contributed by atoms with Crippen LogP contribution >= 0.6 is 22.6 Å². The molecule has 18 heavy (non-hydrogen) atoms. The van der Waals surface area contributed by atoms with E-state index in [1.807, 2.05) is 18.2 Å². The fraction of sp³-hybridized carbons (Fsp3) is 0.462. The van der Waals surface area contributed by atoms with Crippen LogP contribution in [0.15, 0.2) is 18.2 Å². The minimum atomic E-state index is -0.327. The molecule has 1 rings (SSSR count). The maximum atomic E-state index is 11.7. The number of benzene rings is 1. The molecule has 0 aliphatic carbocycles. The zero-order valence-corrected chi connectivity index (χ0v) is 13.0. The normalized spacial score (nSPS) is 12.3. The van der Waals surface area contributed by atoms with E-state index in [1.54, 1.807) is 0 Å². The SMILES string of the molecule is COC(=O)C(CC(C)C)Nc1ccc(N)cc1I. The summed E-state index contributed by atoms with van der Waals surface area (Å²) in [7, 11) is 1.41. The lowest BCUT2D eigenvalue weighted by Crippen LogP contribution is -2.32. The topological polar surface area (TPSA) is 64.3 Å². The number of carbonyl (C=O) groups is 1. The second-order valence-corrected chi connectivity index (χ2v) is 5.75. The van der Waals surface area contributed by atoms with Crippen LogP contribution in [0.4, 0.5) is 11.4 Å². The fourth-order valence-electron chi connectivity index (χ4n) is 1.66. The molecular weight excluding hydrogens is 343 g/mol. The highest BCUT2D eigenvalue weighted by atomic mass is 127. The van der Waals surface area contributed by atoms with Crippen LogP contribution in [0, 0.1) is 9.49 Å². The summed E-state index contributed by atoms with van der Waals surface area (Å²) in [5.41, 5.74) is 7.32. The standard InChI is InChI=1S/C13H19IN2O2/c1-8(2)6-12(13(17)18-3)16-11-5-4-9(15)7-10(11)14/h4-5,7-8,12,16H,6,15H2,1-3H3. The van der Waals surface area contributed by atoms with E-state index in [9.17, 15) is 4.79 Å². The molecule has 3 N–H and O–H groups in total. The number of halogens is 1. The first kappa shape index (κ1) is 15.1.